The number of hydrogen-bond acceptors (Lipinski definition) is 2. The van der Waals surface area contributed by atoms with E-state index >= 15 is 0 Å². The van der Waals surface area contributed by atoms with Crippen molar-refractivity contribution in [1.29, 1.82) is 0 Å². The first kappa shape index (κ1) is 12.5. The van der Waals surface area contributed by atoms with Crippen LogP contribution >= 0.6 is 11.8 Å². The molecule has 1 heterocycles. The molecule has 0 unspecified atom stereocenters. The molecule has 1 amide bonds. The van der Waals surface area contributed by atoms with Crippen LogP contribution in [-0.4, -0.2) is 18.2 Å². The summed E-state index contributed by atoms with van der Waals surface area (Å²) in [6.45, 7) is 2.63. The molecule has 0 fully saturated rings. The van der Waals surface area contributed by atoms with Gasteiger partial charge in [0.05, 0.1) is 0 Å². The third-order valence-corrected chi connectivity index (χ3v) is 4.23. The van der Waals surface area contributed by atoms with Gasteiger partial charge in [0.25, 0.3) is 0 Å². The highest BCUT2D eigenvalue weighted by atomic mass is 32.2. The van der Waals surface area contributed by atoms with Crippen molar-refractivity contribution < 1.29 is 4.79 Å². The molecule has 3 heteroatoms. The van der Waals surface area contributed by atoms with Crippen LogP contribution in [-0.2, 0) is 17.6 Å². The predicted molar refractivity (Wildman–Crippen MR) is 72.5 cm³/mol. The van der Waals surface area contributed by atoms with Gasteiger partial charge in [-0.15, -0.1) is 11.8 Å². The Balaban J connectivity index is 1.91. The number of carbonyl (C=O) groups is 1. The SMILES string of the molecule is CCC(=O)NCCc1ccc2c(c1)CCCS2. The predicted octanol–water partition coefficient (Wildman–Crippen LogP) is 2.79. The number of carbonyl (C=O) groups excluding carboxylic acids is 1. The lowest BCUT2D eigenvalue weighted by Gasteiger charge is -2.16. The Bertz CT molecular complexity index is 403. The van der Waals surface area contributed by atoms with Crippen LogP contribution in [0.25, 0.3) is 0 Å². The number of benzene rings is 1. The molecule has 1 aliphatic heterocycles. The van der Waals surface area contributed by atoms with Crippen LogP contribution in [0.2, 0.25) is 0 Å². The minimum Gasteiger partial charge on any atom is -0.356 e. The fraction of sp³-hybridized carbons (Fsp3) is 0.500. The summed E-state index contributed by atoms with van der Waals surface area (Å²) in [4.78, 5) is 12.6. The molecule has 17 heavy (non-hydrogen) atoms. The molecule has 0 saturated carbocycles. The largest absolute Gasteiger partial charge is 0.356 e. The van der Waals surface area contributed by atoms with E-state index in [2.05, 4.69) is 23.5 Å². The molecule has 0 radical (unpaired) electrons. The van der Waals surface area contributed by atoms with E-state index in [1.807, 2.05) is 18.7 Å². The van der Waals surface area contributed by atoms with E-state index in [0.717, 1.165) is 13.0 Å². The third kappa shape index (κ3) is 3.50. The van der Waals surface area contributed by atoms with E-state index in [4.69, 9.17) is 0 Å². The standard InChI is InChI=1S/C14H19NOS/c1-2-14(16)15-8-7-11-5-6-13-12(10-11)4-3-9-17-13/h5-6,10H,2-4,7-9H2,1H3,(H,15,16). The van der Waals surface area contributed by atoms with Gasteiger partial charge in [-0.2, -0.15) is 0 Å². The second-order valence-corrected chi connectivity index (χ2v) is 5.48. The Morgan fingerprint density at radius 3 is 3.18 bits per heavy atom. The number of amides is 1. The smallest absolute Gasteiger partial charge is 0.219 e. The molecular weight excluding hydrogens is 230 g/mol. The Morgan fingerprint density at radius 2 is 2.35 bits per heavy atom. The molecule has 1 aromatic carbocycles. The van der Waals surface area contributed by atoms with Crippen molar-refractivity contribution in [3.63, 3.8) is 0 Å². The second kappa shape index (κ2) is 6.10. The second-order valence-electron chi connectivity index (χ2n) is 4.35. The van der Waals surface area contributed by atoms with Gasteiger partial charge in [0.2, 0.25) is 5.91 Å². The van der Waals surface area contributed by atoms with Crippen molar-refractivity contribution in [1.82, 2.24) is 5.32 Å². The summed E-state index contributed by atoms with van der Waals surface area (Å²) in [5.41, 5.74) is 2.82. The lowest BCUT2D eigenvalue weighted by atomic mass is 10.0. The molecule has 0 aliphatic carbocycles. The molecule has 1 aromatic rings. The van der Waals surface area contributed by atoms with Crippen LogP contribution < -0.4 is 5.32 Å². The van der Waals surface area contributed by atoms with Crippen molar-refractivity contribution in [3.8, 4) is 0 Å². The summed E-state index contributed by atoms with van der Waals surface area (Å²) < 4.78 is 0. The summed E-state index contributed by atoms with van der Waals surface area (Å²) >= 11 is 1.96. The van der Waals surface area contributed by atoms with Crippen LogP contribution in [0.1, 0.15) is 30.9 Å². The quantitative estimate of drug-likeness (QED) is 0.889. The molecule has 0 aromatic heterocycles. The first-order valence-corrected chi connectivity index (χ1v) is 7.29. The van der Waals surface area contributed by atoms with E-state index in [0.29, 0.717) is 6.42 Å². The Hall–Kier alpha value is -0.960. The van der Waals surface area contributed by atoms with Crippen molar-refractivity contribution in [2.45, 2.75) is 37.5 Å². The van der Waals surface area contributed by atoms with Crippen LogP contribution in [0.3, 0.4) is 0 Å². The maximum Gasteiger partial charge on any atom is 0.219 e. The highest BCUT2D eigenvalue weighted by molar-refractivity contribution is 7.99. The zero-order valence-corrected chi connectivity index (χ0v) is 11.1. The molecule has 0 saturated heterocycles. The summed E-state index contributed by atoms with van der Waals surface area (Å²) in [5, 5.41) is 2.92. The van der Waals surface area contributed by atoms with Crippen molar-refractivity contribution >= 4 is 17.7 Å². The molecule has 2 nitrogen and oxygen atoms in total. The molecule has 0 atom stereocenters. The first-order chi connectivity index (χ1) is 8.29. The minimum atomic E-state index is 0.138. The van der Waals surface area contributed by atoms with Crippen LogP contribution in [0.15, 0.2) is 23.1 Å². The molecule has 0 spiro atoms. The highest BCUT2D eigenvalue weighted by Crippen LogP contribution is 2.30. The molecule has 1 aliphatic rings. The molecular formula is C14H19NOS. The summed E-state index contributed by atoms with van der Waals surface area (Å²) in [6.07, 6.45) is 4.00. The fourth-order valence-electron chi connectivity index (χ4n) is 2.04. The fourth-order valence-corrected chi connectivity index (χ4v) is 3.06. The molecule has 1 N–H and O–H groups in total. The van der Waals surface area contributed by atoms with Crippen molar-refractivity contribution in [2.24, 2.45) is 0 Å². The maximum atomic E-state index is 11.1. The van der Waals surface area contributed by atoms with E-state index in [1.165, 1.54) is 34.6 Å². The van der Waals surface area contributed by atoms with Gasteiger partial charge < -0.3 is 5.32 Å². The first-order valence-electron chi connectivity index (χ1n) is 6.31. The van der Waals surface area contributed by atoms with Crippen molar-refractivity contribution in [2.75, 3.05) is 12.3 Å². The summed E-state index contributed by atoms with van der Waals surface area (Å²) in [6, 6.07) is 6.73. The van der Waals surface area contributed by atoms with Gasteiger partial charge in [-0.1, -0.05) is 19.1 Å². The lowest BCUT2D eigenvalue weighted by Crippen LogP contribution is -2.24. The zero-order chi connectivity index (χ0) is 12.1. The van der Waals surface area contributed by atoms with E-state index in [9.17, 15) is 4.79 Å². The highest BCUT2D eigenvalue weighted by Gasteiger charge is 2.09. The van der Waals surface area contributed by atoms with Gasteiger partial charge in [-0.25, -0.2) is 0 Å². The summed E-state index contributed by atoms with van der Waals surface area (Å²) in [5.74, 6) is 1.39. The minimum absolute atomic E-state index is 0.138. The lowest BCUT2D eigenvalue weighted by molar-refractivity contribution is -0.120. The number of thioether (sulfide) groups is 1. The number of fused-ring (bicyclic) bond motifs is 1. The Labute approximate surface area is 107 Å². The zero-order valence-electron chi connectivity index (χ0n) is 10.3. The topological polar surface area (TPSA) is 29.1 Å². The van der Waals surface area contributed by atoms with Gasteiger partial charge >= 0.3 is 0 Å². The number of nitrogens with one attached hydrogen (secondary N) is 1. The van der Waals surface area contributed by atoms with Crippen LogP contribution in [0, 0.1) is 0 Å². The van der Waals surface area contributed by atoms with Gasteiger partial charge in [0, 0.05) is 17.9 Å². The van der Waals surface area contributed by atoms with E-state index in [1.54, 1.807) is 0 Å². The average Bonchev–Trinajstić information content (AvgIpc) is 2.38. The molecule has 92 valence electrons. The van der Waals surface area contributed by atoms with E-state index < -0.39 is 0 Å². The maximum absolute atomic E-state index is 11.1. The molecule has 0 bridgehead atoms. The van der Waals surface area contributed by atoms with Crippen LogP contribution in [0.5, 0.6) is 0 Å². The summed E-state index contributed by atoms with van der Waals surface area (Å²) in [7, 11) is 0. The monoisotopic (exact) mass is 249 g/mol. The van der Waals surface area contributed by atoms with E-state index in [-0.39, 0.29) is 5.91 Å². The van der Waals surface area contributed by atoms with Crippen LogP contribution in [0.4, 0.5) is 0 Å². The molecule has 2 rings (SSSR count). The number of rotatable bonds is 4. The third-order valence-electron chi connectivity index (χ3n) is 3.03. The van der Waals surface area contributed by atoms with Gasteiger partial charge in [0.15, 0.2) is 0 Å². The number of hydrogen-bond donors (Lipinski definition) is 1. The van der Waals surface area contributed by atoms with Gasteiger partial charge in [-0.3, -0.25) is 4.79 Å². The Kier molecular flexibility index (Phi) is 4.49. The normalized spacial score (nSPS) is 14.2. The van der Waals surface area contributed by atoms with Gasteiger partial charge in [0.1, 0.15) is 0 Å². The Morgan fingerprint density at radius 1 is 1.47 bits per heavy atom. The number of aryl methyl sites for hydroxylation is 1. The van der Waals surface area contributed by atoms with Crippen molar-refractivity contribution in [3.05, 3.63) is 29.3 Å². The average molecular weight is 249 g/mol. The van der Waals surface area contributed by atoms with Gasteiger partial charge in [-0.05, 0) is 42.2 Å².